The maximum atomic E-state index is 9.58. The third kappa shape index (κ3) is 2.75. The maximum absolute atomic E-state index is 9.58. The lowest BCUT2D eigenvalue weighted by atomic mass is 9.99. The van der Waals surface area contributed by atoms with Crippen LogP contribution in [0.2, 0.25) is 0 Å². The quantitative estimate of drug-likeness (QED) is 0.408. The zero-order valence-electron chi connectivity index (χ0n) is 8.19. The fourth-order valence-corrected chi connectivity index (χ4v) is 1.43. The minimum Gasteiger partial charge on any atom is -0.394 e. The Balaban J connectivity index is 2.61. The molecule has 1 unspecified atom stereocenters. The lowest BCUT2D eigenvalue weighted by Crippen LogP contribution is -2.59. The van der Waals surface area contributed by atoms with Crippen LogP contribution in [0.25, 0.3) is 0 Å². The Hall–Kier alpha value is -0.500. The summed E-state index contributed by atoms with van der Waals surface area (Å²) in [4.78, 5) is 0. The van der Waals surface area contributed by atoms with Crippen LogP contribution in [0.5, 0.6) is 0 Å². The molecule has 0 bridgehead atoms. The molecule has 4 N–H and O–H groups in total. The van der Waals surface area contributed by atoms with Gasteiger partial charge >= 0.3 is 0 Å². The fraction of sp³-hybridized carbons (Fsp3) is 0.778. The van der Waals surface area contributed by atoms with E-state index >= 15 is 0 Å². The third-order valence-electron chi connectivity index (χ3n) is 2.25. The third-order valence-corrected chi connectivity index (χ3v) is 2.25. The lowest BCUT2D eigenvalue weighted by Gasteiger charge is -2.39. The molecule has 15 heavy (non-hydrogen) atoms. The van der Waals surface area contributed by atoms with Crippen molar-refractivity contribution in [1.29, 1.82) is 0 Å². The summed E-state index contributed by atoms with van der Waals surface area (Å²) in [6, 6.07) is 0. The molecule has 1 aliphatic heterocycles. The minimum atomic E-state index is -1.37. The average Bonchev–Trinajstić information content (AvgIpc) is 2.23. The van der Waals surface area contributed by atoms with E-state index in [1.165, 1.54) is 6.08 Å². The van der Waals surface area contributed by atoms with E-state index in [4.69, 9.17) is 14.6 Å². The highest BCUT2D eigenvalue weighted by Crippen LogP contribution is 2.21. The molecule has 0 spiro atoms. The number of aliphatic hydroxyl groups excluding tert-OH is 4. The van der Waals surface area contributed by atoms with Crippen molar-refractivity contribution in [1.82, 2.24) is 0 Å². The maximum Gasteiger partial charge on any atom is 0.184 e. The summed E-state index contributed by atoms with van der Waals surface area (Å²) in [5.74, 6) is 0. The van der Waals surface area contributed by atoms with Crippen LogP contribution in [0.1, 0.15) is 0 Å². The summed E-state index contributed by atoms with van der Waals surface area (Å²) in [7, 11) is 0. The first kappa shape index (κ1) is 12.6. The predicted octanol–water partition coefficient (Wildman–Crippen LogP) is -2.01. The van der Waals surface area contributed by atoms with Crippen LogP contribution in [0.4, 0.5) is 0 Å². The molecule has 0 saturated carbocycles. The zero-order chi connectivity index (χ0) is 11.4. The van der Waals surface area contributed by atoms with Crippen molar-refractivity contribution < 1.29 is 29.9 Å². The smallest absolute Gasteiger partial charge is 0.184 e. The van der Waals surface area contributed by atoms with E-state index in [0.29, 0.717) is 0 Å². The molecule has 1 saturated heterocycles. The molecule has 0 amide bonds. The second-order valence-electron chi connectivity index (χ2n) is 3.32. The van der Waals surface area contributed by atoms with E-state index < -0.39 is 37.3 Å². The van der Waals surface area contributed by atoms with Crippen LogP contribution in [-0.2, 0) is 9.47 Å². The van der Waals surface area contributed by atoms with Gasteiger partial charge in [-0.1, -0.05) is 6.08 Å². The molecule has 1 heterocycles. The number of hydrogen-bond acceptors (Lipinski definition) is 6. The highest BCUT2D eigenvalue weighted by molar-refractivity contribution is 4.89. The molecule has 0 aromatic carbocycles. The van der Waals surface area contributed by atoms with Gasteiger partial charge in [0.05, 0.1) is 13.2 Å². The number of aliphatic hydroxyl groups is 4. The van der Waals surface area contributed by atoms with E-state index in [0.717, 1.165) is 0 Å². The molecule has 1 aliphatic rings. The molecular weight excluding hydrogens is 204 g/mol. The van der Waals surface area contributed by atoms with E-state index in [1.807, 2.05) is 0 Å². The van der Waals surface area contributed by atoms with Gasteiger partial charge in [0, 0.05) is 0 Å². The predicted molar refractivity (Wildman–Crippen MR) is 49.9 cm³/mol. The Labute approximate surface area is 87.4 Å². The normalized spacial score (nSPS) is 41.5. The van der Waals surface area contributed by atoms with Crippen molar-refractivity contribution in [2.24, 2.45) is 0 Å². The summed E-state index contributed by atoms with van der Waals surface area (Å²) in [6.07, 6.45) is -4.55. The number of ether oxygens (including phenoxy) is 2. The molecule has 1 fully saturated rings. The standard InChI is InChI=1S/C9H16O6/c1-2-3-14-8-7(12)6(11)5(4-10)15-9(8)13/h2,5-13H,1,3-4H2/t5-,6+,7+,8-,9?/m1/s1. The van der Waals surface area contributed by atoms with Gasteiger partial charge in [-0.3, -0.25) is 0 Å². The first-order chi connectivity index (χ1) is 7.11. The molecule has 5 atom stereocenters. The summed E-state index contributed by atoms with van der Waals surface area (Å²) in [5.41, 5.74) is 0. The summed E-state index contributed by atoms with van der Waals surface area (Å²) < 4.78 is 9.90. The zero-order valence-corrected chi connectivity index (χ0v) is 8.19. The van der Waals surface area contributed by atoms with Crippen molar-refractivity contribution in [2.45, 2.75) is 30.7 Å². The van der Waals surface area contributed by atoms with E-state index in [1.54, 1.807) is 0 Å². The lowest BCUT2D eigenvalue weighted by molar-refractivity contribution is -0.294. The highest BCUT2D eigenvalue weighted by atomic mass is 16.7. The van der Waals surface area contributed by atoms with Crippen molar-refractivity contribution in [3.05, 3.63) is 12.7 Å². The molecular formula is C9H16O6. The van der Waals surface area contributed by atoms with E-state index in [-0.39, 0.29) is 6.61 Å². The monoisotopic (exact) mass is 220 g/mol. The van der Waals surface area contributed by atoms with Crippen molar-refractivity contribution in [3.8, 4) is 0 Å². The van der Waals surface area contributed by atoms with Gasteiger partial charge in [-0.05, 0) is 0 Å². The van der Waals surface area contributed by atoms with Gasteiger partial charge in [0.1, 0.15) is 24.4 Å². The molecule has 0 aromatic rings. The van der Waals surface area contributed by atoms with Crippen LogP contribution in [-0.4, -0.2) is 64.3 Å². The Morgan fingerprint density at radius 1 is 1.27 bits per heavy atom. The summed E-state index contributed by atoms with van der Waals surface area (Å²) in [5, 5.41) is 37.3. The number of rotatable bonds is 4. The second kappa shape index (κ2) is 5.55. The largest absolute Gasteiger partial charge is 0.394 e. The van der Waals surface area contributed by atoms with Crippen LogP contribution in [0.3, 0.4) is 0 Å². The van der Waals surface area contributed by atoms with Gasteiger partial charge in [0.15, 0.2) is 6.29 Å². The van der Waals surface area contributed by atoms with Crippen LogP contribution >= 0.6 is 0 Å². The Morgan fingerprint density at radius 2 is 1.93 bits per heavy atom. The fourth-order valence-electron chi connectivity index (χ4n) is 1.43. The van der Waals surface area contributed by atoms with Crippen LogP contribution in [0, 0.1) is 0 Å². The molecule has 1 rings (SSSR count). The molecule has 0 aromatic heterocycles. The average molecular weight is 220 g/mol. The molecule has 6 nitrogen and oxygen atoms in total. The van der Waals surface area contributed by atoms with Gasteiger partial charge in [-0.25, -0.2) is 0 Å². The van der Waals surface area contributed by atoms with Crippen LogP contribution < -0.4 is 0 Å². The minimum absolute atomic E-state index is 0.124. The van der Waals surface area contributed by atoms with Crippen molar-refractivity contribution >= 4 is 0 Å². The number of hydrogen-bond donors (Lipinski definition) is 4. The van der Waals surface area contributed by atoms with Gasteiger partial charge in [-0.15, -0.1) is 6.58 Å². The molecule has 6 heteroatoms. The first-order valence-electron chi connectivity index (χ1n) is 4.64. The second-order valence-corrected chi connectivity index (χ2v) is 3.32. The van der Waals surface area contributed by atoms with Crippen molar-refractivity contribution in [2.75, 3.05) is 13.2 Å². The van der Waals surface area contributed by atoms with E-state index in [9.17, 15) is 15.3 Å². The summed E-state index contributed by atoms with van der Waals surface area (Å²) >= 11 is 0. The molecule has 0 aliphatic carbocycles. The van der Waals surface area contributed by atoms with Gasteiger partial charge in [0.2, 0.25) is 0 Å². The Bertz CT molecular complexity index is 209. The SMILES string of the molecule is C=CCO[C@H]1C(O)O[C@H](CO)[C@H](O)[C@@H]1O. The highest BCUT2D eigenvalue weighted by Gasteiger charge is 2.44. The molecule has 88 valence electrons. The Morgan fingerprint density at radius 3 is 2.47 bits per heavy atom. The van der Waals surface area contributed by atoms with Crippen LogP contribution in [0.15, 0.2) is 12.7 Å². The Kier molecular flexibility index (Phi) is 4.65. The topological polar surface area (TPSA) is 99.4 Å². The van der Waals surface area contributed by atoms with Gasteiger partial charge < -0.3 is 29.9 Å². The van der Waals surface area contributed by atoms with E-state index in [2.05, 4.69) is 6.58 Å². The van der Waals surface area contributed by atoms with Gasteiger partial charge in [0.25, 0.3) is 0 Å². The van der Waals surface area contributed by atoms with Crippen molar-refractivity contribution in [3.63, 3.8) is 0 Å². The summed E-state index contributed by atoms with van der Waals surface area (Å²) in [6.45, 7) is 3.05. The first-order valence-corrected chi connectivity index (χ1v) is 4.64. The van der Waals surface area contributed by atoms with Gasteiger partial charge in [-0.2, -0.15) is 0 Å². The molecule has 0 radical (unpaired) electrons.